The molecule has 1 aliphatic rings. The predicted octanol–water partition coefficient (Wildman–Crippen LogP) is 3.65. The highest BCUT2D eigenvalue weighted by Crippen LogP contribution is 2.29. The molecule has 0 saturated heterocycles. The van der Waals surface area contributed by atoms with Crippen molar-refractivity contribution in [3.05, 3.63) is 59.7 Å². The lowest BCUT2D eigenvalue weighted by atomic mass is 10.1. The zero-order valence-electron chi connectivity index (χ0n) is 11.9. The van der Waals surface area contributed by atoms with Gasteiger partial charge in [0.2, 0.25) is 0 Å². The Hall–Kier alpha value is -1.96. The lowest BCUT2D eigenvalue weighted by Crippen LogP contribution is -2.21. The van der Waals surface area contributed by atoms with Gasteiger partial charge in [0.25, 0.3) is 0 Å². The summed E-state index contributed by atoms with van der Waals surface area (Å²) in [4.78, 5) is 2.50. The topological polar surface area (TPSA) is 29.3 Å². The summed E-state index contributed by atoms with van der Waals surface area (Å²) in [5.74, 6) is 0. The average Bonchev–Trinajstić information content (AvgIpc) is 2.87. The molecular weight excluding hydrogens is 244 g/mol. The van der Waals surface area contributed by atoms with Crippen molar-refractivity contribution >= 4 is 11.4 Å². The number of nitrogen functional groups attached to an aromatic ring is 1. The maximum absolute atomic E-state index is 5.84. The number of rotatable bonds is 5. The molecule has 20 heavy (non-hydrogen) atoms. The zero-order chi connectivity index (χ0) is 13.8. The largest absolute Gasteiger partial charge is 0.399 e. The third-order valence-corrected chi connectivity index (χ3v) is 4.08. The molecule has 1 aliphatic heterocycles. The van der Waals surface area contributed by atoms with Gasteiger partial charge < -0.3 is 10.6 Å². The quantitative estimate of drug-likeness (QED) is 0.661. The van der Waals surface area contributed by atoms with Gasteiger partial charge >= 0.3 is 0 Å². The van der Waals surface area contributed by atoms with Crippen molar-refractivity contribution in [1.29, 1.82) is 0 Å². The second kappa shape index (κ2) is 6.00. The van der Waals surface area contributed by atoms with E-state index in [-0.39, 0.29) is 0 Å². The molecule has 0 unspecified atom stereocenters. The van der Waals surface area contributed by atoms with Gasteiger partial charge in [-0.15, -0.1) is 0 Å². The summed E-state index contributed by atoms with van der Waals surface area (Å²) < 4.78 is 0. The molecule has 0 radical (unpaired) electrons. The van der Waals surface area contributed by atoms with E-state index in [0.717, 1.165) is 25.2 Å². The van der Waals surface area contributed by atoms with Crippen molar-refractivity contribution in [2.75, 3.05) is 23.7 Å². The molecule has 104 valence electrons. The Bertz CT molecular complexity index is 563. The van der Waals surface area contributed by atoms with Crippen LogP contribution in [0.25, 0.3) is 0 Å². The van der Waals surface area contributed by atoms with Gasteiger partial charge in [-0.2, -0.15) is 0 Å². The highest BCUT2D eigenvalue weighted by atomic mass is 15.1. The summed E-state index contributed by atoms with van der Waals surface area (Å²) in [7, 11) is 0. The minimum Gasteiger partial charge on any atom is -0.399 e. The molecule has 0 aromatic heterocycles. The van der Waals surface area contributed by atoms with E-state index in [9.17, 15) is 0 Å². The fourth-order valence-corrected chi connectivity index (χ4v) is 3.00. The number of hydrogen-bond donors (Lipinski definition) is 1. The van der Waals surface area contributed by atoms with Crippen molar-refractivity contribution in [2.24, 2.45) is 0 Å². The van der Waals surface area contributed by atoms with Gasteiger partial charge in [-0.1, -0.05) is 30.3 Å². The van der Waals surface area contributed by atoms with Gasteiger partial charge in [0.15, 0.2) is 0 Å². The molecule has 2 N–H and O–H groups in total. The number of nitrogens with zero attached hydrogens (tertiary/aromatic N) is 1. The van der Waals surface area contributed by atoms with Gasteiger partial charge in [0.05, 0.1) is 0 Å². The fraction of sp³-hybridized carbons (Fsp3) is 0.333. The Kier molecular flexibility index (Phi) is 3.91. The van der Waals surface area contributed by atoms with Crippen LogP contribution < -0.4 is 10.6 Å². The Morgan fingerprint density at radius 1 is 1.00 bits per heavy atom. The molecule has 1 heterocycles. The molecule has 2 aromatic carbocycles. The number of anilines is 2. The van der Waals surface area contributed by atoms with Gasteiger partial charge in [-0.3, -0.25) is 0 Å². The van der Waals surface area contributed by atoms with Crippen LogP contribution in [0.3, 0.4) is 0 Å². The molecule has 2 nitrogen and oxygen atoms in total. The minimum absolute atomic E-state index is 0.884. The first-order chi connectivity index (χ1) is 9.83. The van der Waals surface area contributed by atoms with Crippen molar-refractivity contribution in [3.63, 3.8) is 0 Å². The Morgan fingerprint density at radius 2 is 1.85 bits per heavy atom. The smallest absolute Gasteiger partial charge is 0.0401 e. The second-order valence-corrected chi connectivity index (χ2v) is 5.57. The summed E-state index contributed by atoms with van der Waals surface area (Å²) in [6.07, 6.45) is 4.83. The Balaban J connectivity index is 1.49. The summed E-state index contributed by atoms with van der Waals surface area (Å²) in [5.41, 5.74) is 11.0. The lowest BCUT2D eigenvalue weighted by molar-refractivity contribution is 0.700. The standard InChI is InChI=1S/C18H22N2/c19-17-9-10-18-16(14-17)11-13-20(18)12-5-4-8-15-6-2-1-3-7-15/h1-3,6-7,9-10,14H,4-5,8,11-13,19H2. The molecule has 2 heteroatoms. The van der Waals surface area contributed by atoms with Crippen LogP contribution >= 0.6 is 0 Å². The molecule has 0 fully saturated rings. The highest BCUT2D eigenvalue weighted by molar-refractivity contribution is 5.62. The second-order valence-electron chi connectivity index (χ2n) is 5.57. The molecule has 3 rings (SSSR count). The number of nitrogens with two attached hydrogens (primary N) is 1. The van der Waals surface area contributed by atoms with E-state index in [2.05, 4.69) is 47.4 Å². The Morgan fingerprint density at radius 3 is 2.70 bits per heavy atom. The van der Waals surface area contributed by atoms with E-state index in [4.69, 9.17) is 5.73 Å². The molecule has 0 atom stereocenters. The van der Waals surface area contributed by atoms with Gasteiger partial charge in [-0.25, -0.2) is 0 Å². The number of fused-ring (bicyclic) bond motifs is 1. The van der Waals surface area contributed by atoms with Crippen molar-refractivity contribution in [1.82, 2.24) is 0 Å². The van der Waals surface area contributed by atoms with Crippen LogP contribution in [0.5, 0.6) is 0 Å². The normalized spacial score (nSPS) is 13.5. The molecule has 0 amide bonds. The van der Waals surface area contributed by atoms with E-state index in [1.165, 1.54) is 36.1 Å². The number of unbranched alkanes of at least 4 members (excludes halogenated alkanes) is 1. The third-order valence-electron chi connectivity index (χ3n) is 4.08. The van der Waals surface area contributed by atoms with Gasteiger partial charge in [0.1, 0.15) is 0 Å². The van der Waals surface area contributed by atoms with Crippen LogP contribution in [-0.4, -0.2) is 13.1 Å². The third kappa shape index (κ3) is 2.96. The summed E-state index contributed by atoms with van der Waals surface area (Å²) >= 11 is 0. The van der Waals surface area contributed by atoms with Crippen LogP contribution in [0.1, 0.15) is 24.0 Å². The van der Waals surface area contributed by atoms with E-state index in [0.29, 0.717) is 0 Å². The summed E-state index contributed by atoms with van der Waals surface area (Å²) in [6.45, 7) is 2.30. The maximum Gasteiger partial charge on any atom is 0.0401 e. The van der Waals surface area contributed by atoms with Gasteiger partial charge in [-0.05, 0) is 55.0 Å². The summed E-state index contributed by atoms with van der Waals surface area (Å²) in [6, 6.07) is 17.1. The number of hydrogen-bond acceptors (Lipinski definition) is 2. The molecule has 0 spiro atoms. The average molecular weight is 266 g/mol. The first kappa shape index (κ1) is 13.0. The predicted molar refractivity (Wildman–Crippen MR) is 86.2 cm³/mol. The van der Waals surface area contributed by atoms with Crippen molar-refractivity contribution in [2.45, 2.75) is 25.7 Å². The highest BCUT2D eigenvalue weighted by Gasteiger charge is 2.18. The number of aryl methyl sites for hydroxylation is 1. The zero-order valence-corrected chi connectivity index (χ0v) is 11.9. The van der Waals surface area contributed by atoms with Crippen LogP contribution in [0.2, 0.25) is 0 Å². The van der Waals surface area contributed by atoms with E-state index in [1.54, 1.807) is 0 Å². The molecule has 0 bridgehead atoms. The van der Waals surface area contributed by atoms with E-state index >= 15 is 0 Å². The van der Waals surface area contributed by atoms with E-state index in [1.807, 2.05) is 6.07 Å². The van der Waals surface area contributed by atoms with Crippen LogP contribution in [0.15, 0.2) is 48.5 Å². The van der Waals surface area contributed by atoms with Crippen molar-refractivity contribution in [3.8, 4) is 0 Å². The van der Waals surface area contributed by atoms with Crippen LogP contribution in [0.4, 0.5) is 11.4 Å². The molecule has 2 aromatic rings. The molecule has 0 saturated carbocycles. The Labute approximate surface area is 121 Å². The first-order valence-electron chi connectivity index (χ1n) is 7.50. The SMILES string of the molecule is Nc1ccc2c(c1)CCN2CCCCc1ccccc1. The lowest BCUT2D eigenvalue weighted by Gasteiger charge is -2.19. The minimum atomic E-state index is 0.884. The van der Waals surface area contributed by atoms with Crippen LogP contribution in [-0.2, 0) is 12.8 Å². The fourth-order valence-electron chi connectivity index (χ4n) is 3.00. The maximum atomic E-state index is 5.84. The molecule has 0 aliphatic carbocycles. The van der Waals surface area contributed by atoms with Crippen molar-refractivity contribution < 1.29 is 0 Å². The number of benzene rings is 2. The van der Waals surface area contributed by atoms with E-state index < -0.39 is 0 Å². The summed E-state index contributed by atoms with van der Waals surface area (Å²) in [5, 5.41) is 0. The monoisotopic (exact) mass is 266 g/mol. The molecular formula is C18H22N2. The first-order valence-corrected chi connectivity index (χ1v) is 7.50. The van der Waals surface area contributed by atoms with Gasteiger partial charge in [0, 0.05) is 24.5 Å². The van der Waals surface area contributed by atoms with Crippen LogP contribution in [0, 0.1) is 0 Å².